The van der Waals surface area contributed by atoms with E-state index in [4.69, 9.17) is 11.6 Å². The Kier molecular flexibility index (Phi) is 5.90. The van der Waals surface area contributed by atoms with E-state index in [-0.39, 0.29) is 17.5 Å². The van der Waals surface area contributed by atoms with Gasteiger partial charge in [0.15, 0.2) is 0 Å². The molecule has 3 aromatic rings. The van der Waals surface area contributed by atoms with Gasteiger partial charge in [-0.1, -0.05) is 58.8 Å². The Labute approximate surface area is 190 Å². The molecule has 0 fully saturated rings. The first kappa shape index (κ1) is 21.2. The summed E-state index contributed by atoms with van der Waals surface area (Å²) >= 11 is 7.37. The predicted octanol–water partition coefficient (Wildman–Crippen LogP) is 6.25. The number of nitrogens with one attached hydrogen (secondary N) is 1. The van der Waals surface area contributed by atoms with E-state index in [1.54, 1.807) is 18.2 Å². The molecule has 2 amide bonds. The molecule has 0 atom stereocenters. The number of amides is 2. The van der Waals surface area contributed by atoms with Gasteiger partial charge in [-0.05, 0) is 68.8 Å². The molecule has 1 heterocycles. The summed E-state index contributed by atoms with van der Waals surface area (Å²) in [4.78, 5) is 29.2. The maximum Gasteiger partial charge on any atom is 0.283 e. The van der Waals surface area contributed by atoms with Crippen LogP contribution in [-0.4, -0.2) is 11.8 Å². The number of carbonyl (C=O) groups excluding carboxylic acids is 2. The number of imide groups is 1. The van der Waals surface area contributed by atoms with Crippen LogP contribution in [-0.2, 0) is 9.59 Å². The molecule has 0 aromatic heterocycles. The second kappa shape index (κ2) is 8.61. The fourth-order valence-corrected chi connectivity index (χ4v) is 4.42. The van der Waals surface area contributed by atoms with Crippen molar-refractivity contribution in [3.8, 4) is 0 Å². The maximum atomic E-state index is 13.4. The van der Waals surface area contributed by atoms with E-state index in [0.29, 0.717) is 15.6 Å². The number of anilines is 2. The van der Waals surface area contributed by atoms with Crippen molar-refractivity contribution >= 4 is 46.6 Å². The van der Waals surface area contributed by atoms with Crippen molar-refractivity contribution in [2.75, 3.05) is 10.2 Å². The number of thioether (sulfide) groups is 1. The van der Waals surface area contributed by atoms with Crippen LogP contribution in [0.5, 0.6) is 0 Å². The summed E-state index contributed by atoms with van der Waals surface area (Å²) in [6.45, 7) is 5.87. The first-order valence-corrected chi connectivity index (χ1v) is 11.0. The van der Waals surface area contributed by atoms with E-state index in [0.717, 1.165) is 27.3 Å². The van der Waals surface area contributed by atoms with Gasteiger partial charge >= 0.3 is 0 Å². The molecule has 4 nitrogen and oxygen atoms in total. The van der Waals surface area contributed by atoms with Crippen LogP contribution >= 0.6 is 23.4 Å². The predicted molar refractivity (Wildman–Crippen MR) is 128 cm³/mol. The van der Waals surface area contributed by atoms with Crippen LogP contribution in [0.2, 0.25) is 5.02 Å². The molecule has 0 saturated heterocycles. The highest BCUT2D eigenvalue weighted by Gasteiger charge is 2.40. The van der Waals surface area contributed by atoms with Gasteiger partial charge in [-0.25, -0.2) is 4.90 Å². The van der Waals surface area contributed by atoms with Crippen LogP contribution in [0.15, 0.2) is 82.2 Å². The van der Waals surface area contributed by atoms with Crippen molar-refractivity contribution in [3.63, 3.8) is 0 Å². The van der Waals surface area contributed by atoms with Gasteiger partial charge in [0.05, 0.1) is 5.69 Å². The number of aryl methyl sites for hydroxylation is 3. The fourth-order valence-electron chi connectivity index (χ4n) is 3.27. The van der Waals surface area contributed by atoms with Crippen molar-refractivity contribution in [3.05, 3.63) is 99.0 Å². The molecule has 0 spiro atoms. The normalized spacial score (nSPS) is 13.9. The van der Waals surface area contributed by atoms with Crippen LogP contribution < -0.4 is 10.2 Å². The maximum absolute atomic E-state index is 13.4. The van der Waals surface area contributed by atoms with Gasteiger partial charge in [-0.15, -0.1) is 0 Å². The van der Waals surface area contributed by atoms with E-state index in [2.05, 4.69) is 5.32 Å². The molecule has 1 aliphatic heterocycles. The third-order valence-corrected chi connectivity index (χ3v) is 6.35. The molecule has 0 aliphatic carbocycles. The molecule has 0 unspecified atom stereocenters. The molecule has 6 heteroatoms. The monoisotopic (exact) mass is 448 g/mol. The van der Waals surface area contributed by atoms with E-state index >= 15 is 0 Å². The molecular formula is C25H21ClN2O2S. The molecule has 1 N–H and O–H groups in total. The Morgan fingerprint density at radius 3 is 2.03 bits per heavy atom. The van der Waals surface area contributed by atoms with Crippen molar-refractivity contribution < 1.29 is 9.59 Å². The number of carbonyl (C=O) groups is 2. The molecule has 156 valence electrons. The quantitative estimate of drug-likeness (QED) is 0.468. The number of hydrogen-bond donors (Lipinski definition) is 1. The minimum atomic E-state index is -0.377. The van der Waals surface area contributed by atoms with Gasteiger partial charge in [0.25, 0.3) is 11.8 Å². The van der Waals surface area contributed by atoms with Crippen LogP contribution in [0.25, 0.3) is 0 Å². The van der Waals surface area contributed by atoms with Crippen LogP contribution in [0.1, 0.15) is 16.7 Å². The van der Waals surface area contributed by atoms with E-state index in [9.17, 15) is 9.59 Å². The summed E-state index contributed by atoms with van der Waals surface area (Å²) in [5.41, 5.74) is 4.61. The summed E-state index contributed by atoms with van der Waals surface area (Å²) in [5, 5.41) is 3.81. The molecule has 0 saturated carbocycles. The third-order valence-electron chi connectivity index (χ3n) is 5.02. The average molecular weight is 449 g/mol. The lowest BCUT2D eigenvalue weighted by molar-refractivity contribution is -0.120. The number of benzene rings is 3. The summed E-state index contributed by atoms with van der Waals surface area (Å²) < 4.78 is 0. The summed E-state index contributed by atoms with van der Waals surface area (Å²) in [5.74, 6) is -0.716. The minimum Gasteiger partial charge on any atom is -0.350 e. The molecular weight excluding hydrogens is 428 g/mol. The zero-order valence-electron chi connectivity index (χ0n) is 17.4. The molecule has 31 heavy (non-hydrogen) atoms. The first-order chi connectivity index (χ1) is 14.8. The lowest BCUT2D eigenvalue weighted by Crippen LogP contribution is -2.32. The van der Waals surface area contributed by atoms with Gasteiger partial charge in [-0.3, -0.25) is 9.59 Å². The second-order valence-corrected chi connectivity index (χ2v) is 9.00. The highest BCUT2D eigenvalue weighted by molar-refractivity contribution is 8.04. The topological polar surface area (TPSA) is 49.4 Å². The van der Waals surface area contributed by atoms with Crippen molar-refractivity contribution in [1.82, 2.24) is 0 Å². The van der Waals surface area contributed by atoms with Crippen molar-refractivity contribution in [2.45, 2.75) is 25.7 Å². The van der Waals surface area contributed by atoms with Gasteiger partial charge in [0.2, 0.25) is 0 Å². The summed E-state index contributed by atoms with van der Waals surface area (Å²) in [6.07, 6.45) is 0. The Bertz CT molecular complexity index is 1200. The highest BCUT2D eigenvalue weighted by atomic mass is 35.5. The molecule has 3 aromatic carbocycles. The standard InChI is InChI=1S/C25H21ClN2O2S/c1-15-4-9-19(10-5-15)28-24(29)22(27-21-13-8-18(26)14-17(21)3)23(25(28)30)31-20-11-6-16(2)7-12-20/h4-14,27H,1-3H3. The molecule has 1 aliphatic rings. The number of rotatable bonds is 5. The van der Waals surface area contributed by atoms with Gasteiger partial charge in [0.1, 0.15) is 10.6 Å². The van der Waals surface area contributed by atoms with E-state index in [1.165, 1.54) is 16.7 Å². The number of hydrogen-bond acceptors (Lipinski definition) is 4. The highest BCUT2D eigenvalue weighted by Crippen LogP contribution is 2.38. The lowest BCUT2D eigenvalue weighted by Gasteiger charge is -2.16. The smallest absolute Gasteiger partial charge is 0.283 e. The average Bonchev–Trinajstić information content (AvgIpc) is 2.96. The Morgan fingerprint density at radius 2 is 1.42 bits per heavy atom. The van der Waals surface area contributed by atoms with Crippen LogP contribution in [0.3, 0.4) is 0 Å². The van der Waals surface area contributed by atoms with E-state index in [1.807, 2.05) is 69.3 Å². The van der Waals surface area contributed by atoms with E-state index < -0.39 is 0 Å². The first-order valence-electron chi connectivity index (χ1n) is 9.81. The zero-order chi connectivity index (χ0) is 22.1. The molecule has 4 rings (SSSR count). The summed E-state index contributed by atoms with van der Waals surface area (Å²) in [6, 6.07) is 20.6. The largest absolute Gasteiger partial charge is 0.350 e. The molecule has 0 bridgehead atoms. The fraction of sp³-hybridized carbons (Fsp3) is 0.120. The van der Waals surface area contributed by atoms with Crippen molar-refractivity contribution in [1.29, 1.82) is 0 Å². The lowest BCUT2D eigenvalue weighted by atomic mass is 10.2. The Hall–Kier alpha value is -3.02. The number of halogens is 1. The van der Waals surface area contributed by atoms with Crippen LogP contribution in [0, 0.1) is 20.8 Å². The Balaban J connectivity index is 1.75. The minimum absolute atomic E-state index is 0.265. The van der Waals surface area contributed by atoms with Crippen LogP contribution in [0.4, 0.5) is 11.4 Å². The second-order valence-electron chi connectivity index (χ2n) is 7.48. The number of nitrogens with zero attached hydrogens (tertiary/aromatic N) is 1. The van der Waals surface area contributed by atoms with Gasteiger partial charge in [0, 0.05) is 15.6 Å². The van der Waals surface area contributed by atoms with Crippen molar-refractivity contribution in [2.24, 2.45) is 0 Å². The summed E-state index contributed by atoms with van der Waals surface area (Å²) in [7, 11) is 0. The molecule has 0 radical (unpaired) electrons. The third kappa shape index (κ3) is 4.38. The Morgan fingerprint density at radius 1 is 0.806 bits per heavy atom. The zero-order valence-corrected chi connectivity index (χ0v) is 19.0. The van der Waals surface area contributed by atoms with Gasteiger partial charge in [-0.2, -0.15) is 0 Å². The van der Waals surface area contributed by atoms with Gasteiger partial charge < -0.3 is 5.32 Å². The SMILES string of the molecule is Cc1ccc(SC2=C(Nc3ccc(Cl)cc3C)C(=O)N(c3ccc(C)cc3)C2=O)cc1.